The maximum atomic E-state index is 11.9. The van der Waals surface area contributed by atoms with Crippen LogP contribution in [0.25, 0.3) is 0 Å². The van der Waals surface area contributed by atoms with Gasteiger partial charge >= 0.3 is 0 Å². The molecule has 0 saturated heterocycles. The van der Waals surface area contributed by atoms with Gasteiger partial charge in [-0.15, -0.1) is 0 Å². The quantitative estimate of drug-likeness (QED) is 0.754. The lowest BCUT2D eigenvalue weighted by Crippen LogP contribution is -2.52. The Bertz CT molecular complexity index is 232. The summed E-state index contributed by atoms with van der Waals surface area (Å²) in [4.78, 5) is 11.9. The number of nitrogens with one attached hydrogen (secondary N) is 2. The smallest absolute Gasteiger partial charge is 0.237 e. The van der Waals surface area contributed by atoms with Crippen molar-refractivity contribution in [3.05, 3.63) is 0 Å². The van der Waals surface area contributed by atoms with E-state index < -0.39 is 0 Å². The fraction of sp³-hybridized carbons (Fsp3) is 0.923. The van der Waals surface area contributed by atoms with Crippen molar-refractivity contribution in [2.75, 3.05) is 0 Å². The molecule has 0 aromatic rings. The first kappa shape index (κ1) is 13.5. The molecule has 1 fully saturated rings. The summed E-state index contributed by atoms with van der Waals surface area (Å²) in [5.74, 6) is 0.147. The van der Waals surface area contributed by atoms with E-state index in [1.165, 1.54) is 12.8 Å². The van der Waals surface area contributed by atoms with Crippen LogP contribution in [0, 0.1) is 0 Å². The van der Waals surface area contributed by atoms with Crippen LogP contribution >= 0.6 is 0 Å². The standard InChI is InChI=1S/C13H26N2O/c1-5-13(3,4)15-10(2)12(16)14-11-8-6-7-9-11/h10-11,15H,5-9H2,1-4H3,(H,14,16). The fourth-order valence-electron chi connectivity index (χ4n) is 2.15. The lowest BCUT2D eigenvalue weighted by atomic mass is 10.0. The summed E-state index contributed by atoms with van der Waals surface area (Å²) in [5.41, 5.74) is 0.0342. The Morgan fingerprint density at radius 2 is 1.94 bits per heavy atom. The topological polar surface area (TPSA) is 41.1 Å². The van der Waals surface area contributed by atoms with Crippen molar-refractivity contribution >= 4 is 5.91 Å². The van der Waals surface area contributed by atoms with Gasteiger partial charge in [0.2, 0.25) is 5.91 Å². The molecule has 1 saturated carbocycles. The average Bonchev–Trinajstić information content (AvgIpc) is 2.69. The Morgan fingerprint density at radius 1 is 1.38 bits per heavy atom. The summed E-state index contributed by atoms with van der Waals surface area (Å²) in [6.45, 7) is 8.34. The molecule has 0 aromatic carbocycles. The molecule has 1 aliphatic rings. The predicted molar refractivity (Wildman–Crippen MR) is 67.4 cm³/mol. The maximum Gasteiger partial charge on any atom is 0.237 e. The van der Waals surface area contributed by atoms with Crippen LogP contribution in [0.4, 0.5) is 0 Å². The van der Waals surface area contributed by atoms with Crippen LogP contribution in [0.3, 0.4) is 0 Å². The number of rotatable bonds is 5. The van der Waals surface area contributed by atoms with Gasteiger partial charge in [-0.25, -0.2) is 0 Å². The summed E-state index contributed by atoms with van der Waals surface area (Å²) >= 11 is 0. The molecular formula is C13H26N2O. The van der Waals surface area contributed by atoms with Gasteiger partial charge in [0.1, 0.15) is 0 Å². The van der Waals surface area contributed by atoms with Gasteiger partial charge in [0.25, 0.3) is 0 Å². The highest BCUT2D eigenvalue weighted by Gasteiger charge is 2.24. The van der Waals surface area contributed by atoms with Crippen LogP contribution in [0.5, 0.6) is 0 Å². The van der Waals surface area contributed by atoms with Crippen molar-refractivity contribution in [1.29, 1.82) is 0 Å². The van der Waals surface area contributed by atoms with Gasteiger partial charge in [-0.2, -0.15) is 0 Å². The van der Waals surface area contributed by atoms with E-state index in [9.17, 15) is 4.79 Å². The molecule has 2 N–H and O–H groups in total. The molecule has 1 unspecified atom stereocenters. The van der Waals surface area contributed by atoms with E-state index in [1.54, 1.807) is 0 Å². The molecule has 1 aliphatic carbocycles. The third kappa shape index (κ3) is 4.12. The van der Waals surface area contributed by atoms with Crippen molar-refractivity contribution in [3.8, 4) is 0 Å². The predicted octanol–water partition coefficient (Wildman–Crippen LogP) is 2.21. The normalized spacial score (nSPS) is 19.8. The van der Waals surface area contributed by atoms with Gasteiger partial charge in [0, 0.05) is 11.6 Å². The highest BCUT2D eigenvalue weighted by atomic mass is 16.2. The zero-order valence-electron chi connectivity index (χ0n) is 11.1. The molecule has 0 heterocycles. The second-order valence-electron chi connectivity index (χ2n) is 5.59. The first-order valence-corrected chi connectivity index (χ1v) is 6.52. The van der Waals surface area contributed by atoms with E-state index in [0.29, 0.717) is 6.04 Å². The Hall–Kier alpha value is -0.570. The van der Waals surface area contributed by atoms with Crippen LogP contribution in [0.15, 0.2) is 0 Å². The molecule has 16 heavy (non-hydrogen) atoms. The lowest BCUT2D eigenvalue weighted by Gasteiger charge is -2.29. The first-order valence-electron chi connectivity index (χ1n) is 6.52. The number of hydrogen-bond acceptors (Lipinski definition) is 2. The van der Waals surface area contributed by atoms with Crippen LogP contribution < -0.4 is 10.6 Å². The van der Waals surface area contributed by atoms with Gasteiger partial charge in [0.05, 0.1) is 6.04 Å². The summed E-state index contributed by atoms with van der Waals surface area (Å²) in [5, 5.41) is 6.49. The van der Waals surface area contributed by atoms with Crippen LogP contribution in [-0.2, 0) is 4.79 Å². The highest BCUT2D eigenvalue weighted by molar-refractivity contribution is 5.81. The highest BCUT2D eigenvalue weighted by Crippen LogP contribution is 2.17. The minimum atomic E-state index is -0.101. The van der Waals surface area contributed by atoms with Gasteiger partial charge in [0.15, 0.2) is 0 Å². The van der Waals surface area contributed by atoms with Gasteiger partial charge < -0.3 is 10.6 Å². The zero-order chi connectivity index (χ0) is 12.2. The number of hydrogen-bond donors (Lipinski definition) is 2. The lowest BCUT2D eigenvalue weighted by molar-refractivity contribution is -0.123. The average molecular weight is 226 g/mol. The third-order valence-corrected chi connectivity index (χ3v) is 3.59. The second kappa shape index (κ2) is 5.67. The molecule has 0 aromatic heterocycles. The molecule has 1 amide bonds. The molecule has 0 aliphatic heterocycles. The Labute approximate surface area is 99.4 Å². The van der Waals surface area contributed by atoms with Crippen LogP contribution in [0.2, 0.25) is 0 Å². The minimum absolute atomic E-state index is 0.0342. The van der Waals surface area contributed by atoms with Crippen molar-refractivity contribution in [1.82, 2.24) is 10.6 Å². The van der Waals surface area contributed by atoms with E-state index in [4.69, 9.17) is 0 Å². The molecule has 3 heteroatoms. The van der Waals surface area contributed by atoms with Crippen LogP contribution in [-0.4, -0.2) is 23.5 Å². The van der Waals surface area contributed by atoms with E-state index >= 15 is 0 Å². The Balaban J connectivity index is 2.35. The van der Waals surface area contributed by atoms with E-state index in [-0.39, 0.29) is 17.5 Å². The van der Waals surface area contributed by atoms with E-state index in [2.05, 4.69) is 31.4 Å². The minimum Gasteiger partial charge on any atom is -0.352 e. The third-order valence-electron chi connectivity index (χ3n) is 3.59. The molecule has 0 bridgehead atoms. The maximum absolute atomic E-state index is 11.9. The van der Waals surface area contributed by atoms with Crippen molar-refractivity contribution in [2.45, 2.75) is 77.4 Å². The van der Waals surface area contributed by atoms with Crippen molar-refractivity contribution in [2.24, 2.45) is 0 Å². The Morgan fingerprint density at radius 3 is 2.44 bits per heavy atom. The second-order valence-corrected chi connectivity index (χ2v) is 5.59. The van der Waals surface area contributed by atoms with Crippen molar-refractivity contribution < 1.29 is 4.79 Å². The molecule has 1 atom stereocenters. The molecular weight excluding hydrogens is 200 g/mol. The molecule has 0 spiro atoms. The summed E-state index contributed by atoms with van der Waals surface area (Å²) in [6.07, 6.45) is 5.83. The molecule has 0 radical (unpaired) electrons. The van der Waals surface area contributed by atoms with Crippen LogP contribution in [0.1, 0.15) is 59.8 Å². The van der Waals surface area contributed by atoms with Gasteiger partial charge in [-0.1, -0.05) is 19.8 Å². The Kier molecular flexibility index (Phi) is 4.78. The van der Waals surface area contributed by atoms with Crippen molar-refractivity contribution in [3.63, 3.8) is 0 Å². The van der Waals surface area contributed by atoms with E-state index in [1.807, 2.05) is 6.92 Å². The number of amides is 1. The molecule has 1 rings (SSSR count). The fourth-order valence-corrected chi connectivity index (χ4v) is 2.15. The summed E-state index contributed by atoms with van der Waals surface area (Å²) in [7, 11) is 0. The zero-order valence-corrected chi connectivity index (χ0v) is 11.1. The number of carbonyl (C=O) groups excluding carboxylic acids is 1. The summed E-state index contributed by atoms with van der Waals surface area (Å²) < 4.78 is 0. The van der Waals surface area contributed by atoms with E-state index in [0.717, 1.165) is 19.3 Å². The first-order chi connectivity index (χ1) is 7.44. The number of carbonyl (C=O) groups is 1. The molecule has 3 nitrogen and oxygen atoms in total. The summed E-state index contributed by atoms with van der Waals surface area (Å²) in [6, 6.07) is 0.317. The SMILES string of the molecule is CCC(C)(C)NC(C)C(=O)NC1CCCC1. The van der Waals surface area contributed by atoms with Gasteiger partial charge in [-0.05, 0) is 40.0 Å². The molecule has 94 valence electrons. The monoisotopic (exact) mass is 226 g/mol. The largest absolute Gasteiger partial charge is 0.352 e. The van der Waals surface area contributed by atoms with Gasteiger partial charge in [-0.3, -0.25) is 4.79 Å².